The largest absolute Gasteiger partial charge is 0.494 e. The molecule has 204 valence electrons. The first-order chi connectivity index (χ1) is 18.4. The second-order valence-corrected chi connectivity index (χ2v) is 9.90. The number of nitrogens with one attached hydrogen (secondary N) is 1. The summed E-state index contributed by atoms with van der Waals surface area (Å²) in [6, 6.07) is 5.69. The fourth-order valence-corrected chi connectivity index (χ4v) is 4.68. The van der Waals surface area contributed by atoms with E-state index in [0.717, 1.165) is 26.1 Å². The first-order valence-electron chi connectivity index (χ1n) is 13.2. The Kier molecular flexibility index (Phi) is 9.28. The highest BCUT2D eigenvalue weighted by atomic mass is 19.1. The lowest BCUT2D eigenvalue weighted by molar-refractivity contribution is -0.122. The van der Waals surface area contributed by atoms with Gasteiger partial charge >= 0.3 is 0 Å². The number of fused-ring (bicyclic) bond motifs is 1. The standard InChI is InChI=1S/C28H36FN5O4/c1-19(2)31-25(35)18-34-27(20-9-10-23(29)24(15-20)37-3)32-26-22(28(34)36)16-21(17-30-26)38-14-8-13-33-11-6-4-5-7-12-33/h9-10,15-17,19H,4-8,11-14,18H2,1-3H3,(H,31,35). The predicted octanol–water partition coefficient (Wildman–Crippen LogP) is 3.78. The number of benzene rings is 1. The molecule has 0 radical (unpaired) electrons. The number of hydrogen-bond acceptors (Lipinski definition) is 7. The Bertz CT molecular complexity index is 1320. The summed E-state index contributed by atoms with van der Waals surface area (Å²) in [4.78, 5) is 37.7. The van der Waals surface area contributed by atoms with Crippen molar-refractivity contribution in [2.45, 2.75) is 58.5 Å². The molecule has 1 aliphatic rings. The maximum Gasteiger partial charge on any atom is 0.263 e. The Morgan fingerprint density at radius 3 is 2.63 bits per heavy atom. The Morgan fingerprint density at radius 2 is 1.92 bits per heavy atom. The van der Waals surface area contributed by atoms with Crippen LogP contribution in [0.3, 0.4) is 0 Å². The van der Waals surface area contributed by atoms with Crippen LogP contribution in [0.2, 0.25) is 0 Å². The molecule has 0 unspecified atom stereocenters. The number of pyridine rings is 1. The Balaban J connectivity index is 1.61. The Morgan fingerprint density at radius 1 is 1.16 bits per heavy atom. The van der Waals surface area contributed by atoms with Gasteiger partial charge in [0.25, 0.3) is 5.56 Å². The lowest BCUT2D eigenvalue weighted by Gasteiger charge is -2.19. The third-order valence-corrected chi connectivity index (χ3v) is 6.53. The van der Waals surface area contributed by atoms with Gasteiger partial charge in [-0.1, -0.05) is 12.8 Å². The van der Waals surface area contributed by atoms with E-state index in [1.165, 1.54) is 55.6 Å². The molecule has 1 fully saturated rings. The number of nitrogens with zero attached hydrogens (tertiary/aromatic N) is 4. The van der Waals surface area contributed by atoms with Crippen LogP contribution in [0, 0.1) is 5.82 Å². The molecule has 38 heavy (non-hydrogen) atoms. The monoisotopic (exact) mass is 525 g/mol. The van der Waals surface area contributed by atoms with E-state index in [9.17, 15) is 14.0 Å². The van der Waals surface area contributed by atoms with Gasteiger partial charge in [-0.25, -0.2) is 14.4 Å². The molecule has 2 aromatic heterocycles. The lowest BCUT2D eigenvalue weighted by Crippen LogP contribution is -2.37. The molecular weight excluding hydrogens is 489 g/mol. The minimum absolute atomic E-state index is 0.00640. The van der Waals surface area contributed by atoms with Gasteiger partial charge in [0.1, 0.15) is 18.1 Å². The zero-order valence-electron chi connectivity index (χ0n) is 22.3. The lowest BCUT2D eigenvalue weighted by atomic mass is 10.1. The van der Waals surface area contributed by atoms with Gasteiger partial charge in [-0.3, -0.25) is 14.2 Å². The number of carbonyl (C=O) groups excluding carboxylic acids is 1. The average Bonchev–Trinajstić information content (AvgIpc) is 3.17. The van der Waals surface area contributed by atoms with Crippen LogP contribution in [0.25, 0.3) is 22.4 Å². The number of halogens is 1. The van der Waals surface area contributed by atoms with Crippen LogP contribution in [-0.4, -0.2) is 64.7 Å². The van der Waals surface area contributed by atoms with Crippen LogP contribution >= 0.6 is 0 Å². The molecule has 0 aliphatic carbocycles. The number of rotatable bonds is 10. The summed E-state index contributed by atoms with van der Waals surface area (Å²) in [5.41, 5.74) is 0.204. The fourth-order valence-electron chi connectivity index (χ4n) is 4.68. The van der Waals surface area contributed by atoms with Crippen molar-refractivity contribution in [3.8, 4) is 22.9 Å². The summed E-state index contributed by atoms with van der Waals surface area (Å²) >= 11 is 0. The van der Waals surface area contributed by atoms with Gasteiger partial charge in [0.05, 0.1) is 25.3 Å². The van der Waals surface area contributed by atoms with Crippen LogP contribution in [0.4, 0.5) is 4.39 Å². The van der Waals surface area contributed by atoms with Gasteiger partial charge in [-0.2, -0.15) is 0 Å². The second-order valence-electron chi connectivity index (χ2n) is 9.90. The minimum Gasteiger partial charge on any atom is -0.494 e. The number of methoxy groups -OCH3 is 1. The summed E-state index contributed by atoms with van der Waals surface area (Å²) in [6.07, 6.45) is 7.52. The van der Waals surface area contributed by atoms with Gasteiger partial charge in [-0.15, -0.1) is 0 Å². The fraction of sp³-hybridized carbons (Fsp3) is 0.500. The minimum atomic E-state index is -0.542. The molecule has 0 saturated carbocycles. The van der Waals surface area contributed by atoms with Crippen LogP contribution in [0.15, 0.2) is 35.3 Å². The van der Waals surface area contributed by atoms with E-state index >= 15 is 0 Å². The van der Waals surface area contributed by atoms with Crippen molar-refractivity contribution in [3.05, 3.63) is 46.6 Å². The summed E-state index contributed by atoms with van der Waals surface area (Å²) in [5.74, 6) is -0.210. The zero-order valence-corrected chi connectivity index (χ0v) is 22.3. The van der Waals surface area contributed by atoms with Crippen LogP contribution in [0.1, 0.15) is 46.0 Å². The number of likely N-dealkylation sites (tertiary alicyclic amines) is 1. The third-order valence-electron chi connectivity index (χ3n) is 6.53. The first-order valence-corrected chi connectivity index (χ1v) is 13.2. The Labute approximate surface area is 222 Å². The molecule has 3 heterocycles. The van der Waals surface area contributed by atoms with Crippen LogP contribution in [0.5, 0.6) is 11.5 Å². The summed E-state index contributed by atoms with van der Waals surface area (Å²) in [6.45, 7) is 7.18. The molecule has 0 bridgehead atoms. The number of ether oxygens (including phenoxy) is 2. The molecule has 1 aromatic carbocycles. The molecule has 1 N–H and O–H groups in total. The number of carbonyl (C=O) groups is 1. The normalized spacial score (nSPS) is 14.4. The van der Waals surface area contributed by atoms with Crippen LogP contribution < -0.4 is 20.3 Å². The average molecular weight is 526 g/mol. The van der Waals surface area contributed by atoms with Gasteiger partial charge in [-0.05, 0) is 70.5 Å². The summed E-state index contributed by atoms with van der Waals surface area (Å²) in [5, 5.41) is 3.04. The molecule has 1 aliphatic heterocycles. The van der Waals surface area contributed by atoms with Gasteiger partial charge in [0.2, 0.25) is 5.91 Å². The quantitative estimate of drug-likeness (QED) is 0.402. The van der Waals surface area contributed by atoms with E-state index < -0.39 is 11.4 Å². The second kappa shape index (κ2) is 12.8. The van der Waals surface area contributed by atoms with E-state index in [-0.39, 0.29) is 41.1 Å². The van der Waals surface area contributed by atoms with E-state index in [2.05, 4.69) is 20.2 Å². The van der Waals surface area contributed by atoms with Crippen molar-refractivity contribution in [1.29, 1.82) is 0 Å². The van der Waals surface area contributed by atoms with Crippen molar-refractivity contribution in [3.63, 3.8) is 0 Å². The topological polar surface area (TPSA) is 98.6 Å². The maximum atomic E-state index is 14.1. The molecule has 0 atom stereocenters. The van der Waals surface area contributed by atoms with Gasteiger partial charge in [0.15, 0.2) is 17.2 Å². The van der Waals surface area contributed by atoms with Gasteiger partial charge < -0.3 is 19.7 Å². The predicted molar refractivity (Wildman–Crippen MR) is 144 cm³/mol. The number of amides is 1. The van der Waals surface area contributed by atoms with E-state index in [0.29, 0.717) is 17.9 Å². The number of aromatic nitrogens is 3. The molecule has 9 nitrogen and oxygen atoms in total. The summed E-state index contributed by atoms with van der Waals surface area (Å²) < 4.78 is 26.4. The SMILES string of the molecule is COc1cc(-c2nc3ncc(OCCCN4CCCCCC4)cc3c(=O)n2CC(=O)NC(C)C)ccc1F. The van der Waals surface area contributed by atoms with Crippen molar-refractivity contribution in [1.82, 2.24) is 24.8 Å². The molecule has 4 rings (SSSR count). The van der Waals surface area contributed by atoms with Gasteiger partial charge in [0, 0.05) is 18.2 Å². The van der Waals surface area contributed by atoms with Crippen molar-refractivity contribution < 1.29 is 18.7 Å². The van der Waals surface area contributed by atoms with E-state index in [1.807, 2.05) is 13.8 Å². The highest BCUT2D eigenvalue weighted by Gasteiger charge is 2.19. The molecule has 0 spiro atoms. The molecule has 3 aromatic rings. The highest BCUT2D eigenvalue weighted by Crippen LogP contribution is 2.26. The van der Waals surface area contributed by atoms with E-state index in [4.69, 9.17) is 9.47 Å². The molecule has 10 heteroatoms. The Hall–Kier alpha value is -3.53. The number of hydrogen-bond donors (Lipinski definition) is 1. The van der Waals surface area contributed by atoms with E-state index in [1.54, 1.807) is 12.3 Å². The molecule has 1 amide bonds. The van der Waals surface area contributed by atoms with Crippen molar-refractivity contribution in [2.24, 2.45) is 0 Å². The molecule has 1 saturated heterocycles. The summed E-state index contributed by atoms with van der Waals surface area (Å²) in [7, 11) is 1.36. The first kappa shape index (κ1) is 27.5. The van der Waals surface area contributed by atoms with Crippen molar-refractivity contribution >= 4 is 16.9 Å². The smallest absolute Gasteiger partial charge is 0.263 e. The highest BCUT2D eigenvalue weighted by molar-refractivity contribution is 5.80. The van der Waals surface area contributed by atoms with Crippen LogP contribution in [-0.2, 0) is 11.3 Å². The van der Waals surface area contributed by atoms with Crippen molar-refractivity contribution in [2.75, 3.05) is 33.4 Å². The third kappa shape index (κ3) is 6.86. The molecular formula is C28H36FN5O4. The maximum absolute atomic E-state index is 14.1. The zero-order chi connectivity index (χ0) is 27.1.